The van der Waals surface area contributed by atoms with Gasteiger partial charge in [-0.2, -0.15) is 0 Å². The van der Waals surface area contributed by atoms with E-state index in [1.54, 1.807) is 30.3 Å². The molecule has 3 rings (SSSR count). The van der Waals surface area contributed by atoms with Gasteiger partial charge < -0.3 is 35.0 Å². The second-order valence-corrected chi connectivity index (χ2v) is 8.51. The minimum absolute atomic E-state index is 0.153. The first-order valence-corrected chi connectivity index (χ1v) is 10.8. The van der Waals surface area contributed by atoms with Crippen molar-refractivity contribution in [2.75, 3.05) is 0 Å². The van der Waals surface area contributed by atoms with E-state index in [-0.39, 0.29) is 30.2 Å². The van der Waals surface area contributed by atoms with Gasteiger partial charge in [0, 0.05) is 23.4 Å². The molecular weight excluding hydrogens is 462 g/mol. The van der Waals surface area contributed by atoms with Gasteiger partial charge in [-0.05, 0) is 35.7 Å². The normalized spacial score (nSPS) is 26.4. The van der Waals surface area contributed by atoms with E-state index in [0.717, 1.165) is 5.56 Å². The van der Waals surface area contributed by atoms with Gasteiger partial charge in [-0.1, -0.05) is 35.9 Å². The van der Waals surface area contributed by atoms with Gasteiger partial charge in [0.1, 0.15) is 30.2 Å². The van der Waals surface area contributed by atoms with Crippen LogP contribution in [0.4, 0.5) is 8.78 Å². The number of aliphatic hydroxyl groups is 5. The molecule has 1 fully saturated rings. The molecule has 0 spiro atoms. The van der Waals surface area contributed by atoms with Crippen LogP contribution in [0.3, 0.4) is 0 Å². The molecule has 1 saturated heterocycles. The highest BCUT2D eigenvalue weighted by molar-refractivity contribution is 6.31. The molecule has 1 aliphatic rings. The van der Waals surface area contributed by atoms with Crippen molar-refractivity contribution < 1.29 is 43.8 Å². The summed E-state index contributed by atoms with van der Waals surface area (Å²) in [4.78, 5) is 0. The first-order chi connectivity index (χ1) is 15.6. The zero-order valence-corrected chi connectivity index (χ0v) is 18.6. The van der Waals surface area contributed by atoms with Crippen molar-refractivity contribution in [2.24, 2.45) is 0 Å². The van der Waals surface area contributed by atoms with Crippen molar-refractivity contribution >= 4 is 11.6 Å². The molecule has 2 aromatic carbocycles. The second kappa shape index (κ2) is 11.1. The number of aliphatic hydroxyl groups excluding tert-OH is 5. The second-order valence-electron chi connectivity index (χ2n) is 8.10. The summed E-state index contributed by atoms with van der Waals surface area (Å²) in [7, 11) is 0. The summed E-state index contributed by atoms with van der Waals surface area (Å²) < 4.78 is 36.5. The van der Waals surface area contributed by atoms with Crippen LogP contribution in [0.25, 0.3) is 0 Å². The lowest BCUT2D eigenvalue weighted by Gasteiger charge is -2.41. The summed E-state index contributed by atoms with van der Waals surface area (Å²) in [6.07, 6.45) is -11.2. The maximum absolute atomic E-state index is 12.6. The fourth-order valence-electron chi connectivity index (χ4n) is 3.70. The van der Waals surface area contributed by atoms with E-state index in [9.17, 15) is 34.3 Å². The van der Waals surface area contributed by atoms with Gasteiger partial charge in [0.2, 0.25) is 12.7 Å². The van der Waals surface area contributed by atoms with E-state index in [2.05, 4.69) is 0 Å². The summed E-state index contributed by atoms with van der Waals surface area (Å²) in [6, 6.07) is 9.61. The van der Waals surface area contributed by atoms with Crippen LogP contribution in [0.1, 0.15) is 29.2 Å². The van der Waals surface area contributed by atoms with Gasteiger partial charge in [-0.25, -0.2) is 8.78 Å². The van der Waals surface area contributed by atoms with Crippen molar-refractivity contribution in [2.45, 2.75) is 69.6 Å². The number of rotatable bonds is 8. The molecule has 0 aromatic heterocycles. The average molecular weight is 489 g/mol. The third-order valence-corrected chi connectivity index (χ3v) is 5.85. The first-order valence-electron chi connectivity index (χ1n) is 10.4. The molecule has 7 nitrogen and oxygen atoms in total. The highest BCUT2D eigenvalue weighted by Crippen LogP contribution is 2.34. The van der Waals surface area contributed by atoms with Crippen LogP contribution in [0.2, 0.25) is 5.02 Å². The predicted molar refractivity (Wildman–Crippen MR) is 115 cm³/mol. The Balaban J connectivity index is 1.89. The van der Waals surface area contributed by atoms with Crippen LogP contribution in [0.15, 0.2) is 36.4 Å². The summed E-state index contributed by atoms with van der Waals surface area (Å²) in [5.74, 6) is 0.153. The van der Waals surface area contributed by atoms with E-state index in [4.69, 9.17) is 21.1 Å². The van der Waals surface area contributed by atoms with Crippen molar-refractivity contribution in [1.82, 2.24) is 0 Å². The molecule has 33 heavy (non-hydrogen) atoms. The van der Waals surface area contributed by atoms with Gasteiger partial charge >= 0.3 is 0 Å². The van der Waals surface area contributed by atoms with Gasteiger partial charge in [-0.15, -0.1) is 0 Å². The summed E-state index contributed by atoms with van der Waals surface area (Å²) >= 11 is 6.43. The maximum atomic E-state index is 12.6. The van der Waals surface area contributed by atoms with E-state index < -0.39 is 43.2 Å². The lowest BCUT2D eigenvalue weighted by Crippen LogP contribution is -2.61. The number of hydrogen-bond donors (Lipinski definition) is 5. The largest absolute Gasteiger partial charge is 0.462 e. The molecule has 182 valence electrons. The highest BCUT2D eigenvalue weighted by Gasteiger charge is 2.46. The number of hydrogen-bond acceptors (Lipinski definition) is 7. The molecule has 0 saturated carbocycles. The van der Waals surface area contributed by atoms with E-state index in [1.807, 2.05) is 0 Å². The molecule has 10 heteroatoms. The summed E-state index contributed by atoms with van der Waals surface area (Å²) in [5, 5.41) is 50.3. The van der Waals surface area contributed by atoms with Gasteiger partial charge in [0.15, 0.2) is 0 Å². The average Bonchev–Trinajstić information content (AvgIpc) is 2.76. The third-order valence-electron chi connectivity index (χ3n) is 5.52. The number of alkyl halides is 2. The van der Waals surface area contributed by atoms with Crippen LogP contribution in [-0.4, -0.2) is 68.8 Å². The maximum Gasteiger partial charge on any atom is 0.242 e. The van der Waals surface area contributed by atoms with Gasteiger partial charge in [0.05, 0.1) is 12.7 Å². The number of halogens is 3. The SMILES string of the molecule is CC(O)[C@H]1O[C@@H](Oc2cc(CO)cc(Cl)c2Cc2ccc(CC(F)F)cc2)[C@H](O)[C@@H](O)[C@@H]1O. The van der Waals surface area contributed by atoms with Crippen molar-refractivity contribution in [3.8, 4) is 5.75 Å². The zero-order chi connectivity index (χ0) is 24.3. The van der Waals surface area contributed by atoms with Crippen molar-refractivity contribution in [3.05, 3.63) is 63.7 Å². The molecule has 5 N–H and O–H groups in total. The fourth-order valence-corrected chi connectivity index (χ4v) is 4.00. The van der Waals surface area contributed by atoms with E-state index in [1.165, 1.54) is 13.0 Å². The van der Waals surface area contributed by atoms with Crippen molar-refractivity contribution in [1.29, 1.82) is 0 Å². The Labute approximate surface area is 194 Å². The van der Waals surface area contributed by atoms with Crippen molar-refractivity contribution in [3.63, 3.8) is 0 Å². The summed E-state index contributed by atoms with van der Waals surface area (Å²) in [6.45, 7) is 1.02. The molecule has 6 atom stereocenters. The van der Waals surface area contributed by atoms with Gasteiger partial charge in [0.25, 0.3) is 0 Å². The Bertz CT molecular complexity index is 926. The molecule has 1 unspecified atom stereocenters. The molecule has 0 aliphatic carbocycles. The quantitative estimate of drug-likeness (QED) is 0.384. The Kier molecular flexibility index (Phi) is 8.63. The topological polar surface area (TPSA) is 120 Å². The summed E-state index contributed by atoms with van der Waals surface area (Å²) in [5.41, 5.74) is 2.13. The Morgan fingerprint density at radius 3 is 2.21 bits per heavy atom. The molecule has 0 radical (unpaired) electrons. The van der Waals surface area contributed by atoms with Crippen LogP contribution in [0.5, 0.6) is 5.75 Å². The molecular formula is C23H27ClF2O7. The minimum Gasteiger partial charge on any atom is -0.462 e. The van der Waals surface area contributed by atoms with Crippen LogP contribution >= 0.6 is 11.6 Å². The van der Waals surface area contributed by atoms with E-state index >= 15 is 0 Å². The number of benzene rings is 2. The monoisotopic (exact) mass is 488 g/mol. The first kappa shape index (κ1) is 25.8. The smallest absolute Gasteiger partial charge is 0.242 e. The fraction of sp³-hybridized carbons (Fsp3) is 0.478. The Morgan fingerprint density at radius 1 is 1.00 bits per heavy atom. The Morgan fingerprint density at radius 2 is 1.64 bits per heavy atom. The lowest BCUT2D eigenvalue weighted by atomic mass is 9.96. The molecule has 1 heterocycles. The van der Waals surface area contributed by atoms with Crippen LogP contribution < -0.4 is 4.74 Å². The lowest BCUT2D eigenvalue weighted by molar-refractivity contribution is -0.286. The van der Waals surface area contributed by atoms with Crippen LogP contribution in [0, 0.1) is 0 Å². The zero-order valence-electron chi connectivity index (χ0n) is 17.8. The predicted octanol–water partition coefficient (Wildman–Crippen LogP) is 1.80. The molecule has 0 bridgehead atoms. The standard InChI is InChI=1S/C23H27ClF2O7/c1-11(28)22-20(30)19(29)21(31)23(33-22)32-17-8-14(10-27)7-16(24)15(17)6-12-2-4-13(5-3-12)9-18(25)26/h2-5,7-8,11,18-23,27-31H,6,9-10H2,1H3/t11?,19-,20-,21+,22+,23+/m0/s1. The number of ether oxygens (including phenoxy) is 2. The van der Waals surface area contributed by atoms with Gasteiger partial charge in [-0.3, -0.25) is 0 Å². The minimum atomic E-state index is -2.45. The third kappa shape index (κ3) is 6.19. The van der Waals surface area contributed by atoms with Crippen LogP contribution in [-0.2, 0) is 24.2 Å². The Hall–Kier alpha value is -1.85. The molecule has 0 amide bonds. The highest BCUT2D eigenvalue weighted by atomic mass is 35.5. The van der Waals surface area contributed by atoms with E-state index in [0.29, 0.717) is 16.7 Å². The molecule has 1 aliphatic heterocycles. The molecule has 2 aromatic rings.